The summed E-state index contributed by atoms with van der Waals surface area (Å²) < 4.78 is 43.0. The highest BCUT2D eigenvalue weighted by molar-refractivity contribution is 6.17. The summed E-state index contributed by atoms with van der Waals surface area (Å²) in [6.07, 6.45) is 10.3. The van der Waals surface area contributed by atoms with Gasteiger partial charge in [-0.05, 0) is 219 Å². The van der Waals surface area contributed by atoms with E-state index >= 15 is 0 Å². The lowest BCUT2D eigenvalue weighted by Gasteiger charge is -2.18. The van der Waals surface area contributed by atoms with Gasteiger partial charge in [0.1, 0.15) is 0 Å². The van der Waals surface area contributed by atoms with Crippen LogP contribution in [0.3, 0.4) is 0 Å². The SMILES string of the molecule is C.CC(C)(C)OCCCCl.CCCCOC(C)(C)C.CCCCOC(C)(C)C.CCCCOC(C)(C)C.CCCOC(C)(C)C.CCCOC(C)(C)C.CCOC(C)(C)C.CCOC(C)(C)C. The zero-order chi connectivity index (χ0) is 54.4. The van der Waals surface area contributed by atoms with Crippen molar-refractivity contribution in [3.63, 3.8) is 0 Å². The molecule has 0 radical (unpaired) electrons. The molecule has 0 heterocycles. The number of halogens is 1. The number of hydrogen-bond acceptors (Lipinski definition) is 8. The molecule has 9 heteroatoms. The van der Waals surface area contributed by atoms with Gasteiger partial charge in [0.05, 0.1) is 44.8 Å². The summed E-state index contributed by atoms with van der Waals surface area (Å²) in [5.41, 5.74) is 0.348. The van der Waals surface area contributed by atoms with E-state index in [1.165, 1.54) is 38.5 Å². The highest BCUT2D eigenvalue weighted by Crippen LogP contribution is 2.11. The molecule has 0 aliphatic heterocycles. The van der Waals surface area contributed by atoms with E-state index in [9.17, 15) is 0 Å². The number of unbranched alkanes of at least 4 members (excludes halogenated alkanes) is 3. The third kappa shape index (κ3) is 153. The minimum absolute atomic E-state index is 0. The van der Waals surface area contributed by atoms with E-state index in [4.69, 9.17) is 49.5 Å². The molecule has 0 bridgehead atoms. The fourth-order valence-corrected chi connectivity index (χ4v) is 3.79. The zero-order valence-electron chi connectivity index (χ0n) is 51.4. The largest absolute Gasteiger partial charge is 0.376 e. The van der Waals surface area contributed by atoms with Crippen LogP contribution in [0.5, 0.6) is 0 Å². The monoisotopic (exact) mass is 993 g/mol. The van der Waals surface area contributed by atoms with E-state index in [2.05, 4.69) is 180 Å². The van der Waals surface area contributed by atoms with Gasteiger partial charge >= 0.3 is 0 Å². The highest BCUT2D eigenvalue weighted by Gasteiger charge is 2.12. The van der Waals surface area contributed by atoms with Gasteiger partial charge in [0.15, 0.2) is 0 Å². The molecule has 0 aromatic heterocycles. The Morgan fingerprint density at radius 1 is 0.239 bits per heavy atom. The van der Waals surface area contributed by atoms with Crippen molar-refractivity contribution in [3.8, 4) is 0 Å². The van der Waals surface area contributed by atoms with Crippen LogP contribution in [0.2, 0.25) is 0 Å². The first kappa shape index (κ1) is 86.7. The maximum Gasteiger partial charge on any atom is 0.0598 e. The van der Waals surface area contributed by atoms with E-state index in [1.807, 2.05) is 34.6 Å². The molecule has 0 amide bonds. The topological polar surface area (TPSA) is 73.8 Å². The first-order valence-electron chi connectivity index (χ1n) is 26.2. The molecular formula is C58H133ClO8. The van der Waals surface area contributed by atoms with Gasteiger partial charge < -0.3 is 37.9 Å². The van der Waals surface area contributed by atoms with Crippen molar-refractivity contribution in [1.82, 2.24) is 0 Å². The van der Waals surface area contributed by atoms with Gasteiger partial charge in [0.25, 0.3) is 0 Å². The normalized spacial score (nSPS) is 11.8. The fourth-order valence-electron chi connectivity index (χ4n) is 3.68. The van der Waals surface area contributed by atoms with E-state index in [1.54, 1.807) is 0 Å². The standard InChI is InChI=1S/3C8H18O.C7H15ClO.2C7H16O.2C6H14O.CH4/c3*1-5-6-7-9-8(2,3)4;1-7(2,3)9-6-4-5-8;2*1-5-6-8-7(2,3)4;2*1-5-7-6(2,3)4;/h3*5-7H2,1-4H3;4-6H2,1-3H3;2*5-6H2,1-4H3;2*5H2,1-4H3;1H4. The second kappa shape index (κ2) is 50.9. The molecule has 8 nitrogen and oxygen atoms in total. The average Bonchev–Trinajstić information content (AvgIpc) is 3.09. The van der Waals surface area contributed by atoms with Crippen LogP contribution in [-0.4, -0.2) is 104 Å². The maximum absolute atomic E-state index is 5.47. The maximum atomic E-state index is 5.47. The summed E-state index contributed by atoms with van der Waals surface area (Å²) in [5, 5.41) is 0. The summed E-state index contributed by atoms with van der Waals surface area (Å²) in [7, 11) is 0. The average molecular weight is 994 g/mol. The van der Waals surface area contributed by atoms with E-state index in [-0.39, 0.29) is 52.2 Å². The Kier molecular flexibility index (Phi) is 65.9. The van der Waals surface area contributed by atoms with E-state index in [0.29, 0.717) is 5.88 Å². The van der Waals surface area contributed by atoms with Crippen molar-refractivity contribution in [2.24, 2.45) is 0 Å². The van der Waals surface area contributed by atoms with Gasteiger partial charge in [0, 0.05) is 58.7 Å². The van der Waals surface area contributed by atoms with Gasteiger partial charge in [-0.3, -0.25) is 0 Å². The van der Waals surface area contributed by atoms with E-state index in [0.717, 1.165) is 72.1 Å². The molecule has 0 atom stereocenters. The molecule has 420 valence electrons. The van der Waals surface area contributed by atoms with Crippen molar-refractivity contribution in [2.75, 3.05) is 58.7 Å². The molecule has 0 N–H and O–H groups in total. The lowest BCUT2D eigenvalue weighted by molar-refractivity contribution is -0.00452. The Bertz CT molecular complexity index is 772. The molecule has 0 fully saturated rings. The van der Waals surface area contributed by atoms with Crippen molar-refractivity contribution in [1.29, 1.82) is 0 Å². The predicted octanol–water partition coefficient (Wildman–Crippen LogP) is 18.9. The molecule has 0 aromatic carbocycles. The molecule has 0 spiro atoms. The van der Waals surface area contributed by atoms with Gasteiger partial charge in [-0.1, -0.05) is 61.3 Å². The third-order valence-electron chi connectivity index (χ3n) is 6.55. The number of hydrogen-bond donors (Lipinski definition) is 0. The number of rotatable bonds is 18. The lowest BCUT2D eigenvalue weighted by Crippen LogP contribution is -2.19. The van der Waals surface area contributed by atoms with Crippen LogP contribution < -0.4 is 0 Å². The van der Waals surface area contributed by atoms with E-state index < -0.39 is 0 Å². The number of alkyl halides is 1. The molecule has 0 aromatic rings. The third-order valence-corrected chi connectivity index (χ3v) is 6.81. The van der Waals surface area contributed by atoms with Crippen molar-refractivity contribution in [3.05, 3.63) is 0 Å². The Balaban J connectivity index is -0.0000000819. The quantitative estimate of drug-likeness (QED) is 0.0993. The van der Waals surface area contributed by atoms with Crippen LogP contribution >= 0.6 is 11.6 Å². The molecule has 67 heavy (non-hydrogen) atoms. The molecule has 0 saturated carbocycles. The summed E-state index contributed by atoms with van der Waals surface area (Å²) >= 11 is 5.45. The smallest absolute Gasteiger partial charge is 0.0598 e. The minimum atomic E-state index is -0.00788. The second-order valence-electron chi connectivity index (χ2n) is 24.0. The van der Waals surface area contributed by atoms with Crippen LogP contribution in [0.15, 0.2) is 0 Å². The molecule has 0 unspecified atom stereocenters. The summed E-state index contributed by atoms with van der Waals surface area (Å²) in [4.78, 5) is 0. The van der Waals surface area contributed by atoms with Crippen LogP contribution in [0.4, 0.5) is 0 Å². The summed E-state index contributed by atoms with van der Waals surface area (Å²) in [6.45, 7) is 71.3. The van der Waals surface area contributed by atoms with Gasteiger partial charge in [0.2, 0.25) is 0 Å². The number of ether oxygens (including phenoxy) is 8. The van der Waals surface area contributed by atoms with Gasteiger partial charge in [-0.15, -0.1) is 11.6 Å². The fraction of sp³-hybridized carbons (Fsp3) is 1.00. The Morgan fingerprint density at radius 3 is 0.493 bits per heavy atom. The summed E-state index contributed by atoms with van der Waals surface area (Å²) in [5.74, 6) is 0.691. The molecule has 0 rings (SSSR count). The van der Waals surface area contributed by atoms with Crippen molar-refractivity contribution >= 4 is 11.6 Å². The lowest BCUT2D eigenvalue weighted by atomic mass is 10.2. The van der Waals surface area contributed by atoms with Gasteiger partial charge in [-0.2, -0.15) is 0 Å². The highest BCUT2D eigenvalue weighted by atomic mass is 35.5. The molecule has 0 aliphatic rings. The Hall–Kier alpha value is -0.0300. The van der Waals surface area contributed by atoms with Crippen LogP contribution in [0, 0.1) is 0 Å². The van der Waals surface area contributed by atoms with Crippen molar-refractivity contribution < 1.29 is 37.9 Å². The predicted molar refractivity (Wildman–Crippen MR) is 304 cm³/mol. The van der Waals surface area contributed by atoms with Gasteiger partial charge in [-0.25, -0.2) is 0 Å². The molecular weight excluding hydrogens is 860 g/mol. The Labute approximate surface area is 431 Å². The minimum Gasteiger partial charge on any atom is -0.376 e. The van der Waals surface area contributed by atoms with Crippen LogP contribution in [-0.2, 0) is 37.9 Å². The summed E-state index contributed by atoms with van der Waals surface area (Å²) in [6, 6.07) is 0. The van der Waals surface area contributed by atoms with Crippen LogP contribution in [0.25, 0.3) is 0 Å². The van der Waals surface area contributed by atoms with Crippen LogP contribution in [0.1, 0.15) is 280 Å². The second-order valence-corrected chi connectivity index (χ2v) is 24.3. The van der Waals surface area contributed by atoms with Crippen molar-refractivity contribution in [2.45, 2.75) is 325 Å². The Morgan fingerprint density at radius 2 is 0.403 bits per heavy atom. The molecule has 0 saturated heterocycles. The first-order chi connectivity index (χ1) is 29.5. The zero-order valence-corrected chi connectivity index (χ0v) is 52.1. The first-order valence-corrected chi connectivity index (χ1v) is 26.7. The molecule has 0 aliphatic carbocycles.